The maximum Gasteiger partial charge on any atom is 0.0682 e. The zero-order valence-electron chi connectivity index (χ0n) is 10.7. The first-order valence-electron chi connectivity index (χ1n) is 6.37. The minimum atomic E-state index is 0.0859. The molecule has 2 rings (SSSR count). The van der Waals surface area contributed by atoms with Crippen LogP contribution in [0.3, 0.4) is 0 Å². The smallest absolute Gasteiger partial charge is 0.0682 e. The van der Waals surface area contributed by atoms with Gasteiger partial charge in [-0.15, -0.1) is 0 Å². The molecule has 2 nitrogen and oxygen atoms in total. The van der Waals surface area contributed by atoms with E-state index in [-0.39, 0.29) is 6.61 Å². The van der Waals surface area contributed by atoms with Gasteiger partial charge in [0.1, 0.15) is 0 Å². The van der Waals surface area contributed by atoms with Gasteiger partial charge in [0.05, 0.1) is 6.61 Å². The van der Waals surface area contributed by atoms with E-state index < -0.39 is 0 Å². The highest BCUT2D eigenvalue weighted by molar-refractivity contribution is 5.63. The SMILES string of the molecule is CCCN(c1ccccc1)c1cccc(CO)c1. The van der Waals surface area contributed by atoms with Crippen LogP contribution in [0.2, 0.25) is 0 Å². The summed E-state index contributed by atoms with van der Waals surface area (Å²) < 4.78 is 0. The molecule has 0 aromatic heterocycles. The summed E-state index contributed by atoms with van der Waals surface area (Å²) in [6, 6.07) is 18.4. The van der Waals surface area contributed by atoms with Gasteiger partial charge in [-0.3, -0.25) is 0 Å². The molecule has 1 N–H and O–H groups in total. The van der Waals surface area contributed by atoms with Gasteiger partial charge in [0.25, 0.3) is 0 Å². The molecule has 0 saturated heterocycles. The van der Waals surface area contributed by atoms with Crippen molar-refractivity contribution in [2.75, 3.05) is 11.4 Å². The first kappa shape index (κ1) is 12.7. The fourth-order valence-corrected chi connectivity index (χ4v) is 2.06. The minimum Gasteiger partial charge on any atom is -0.392 e. The average molecular weight is 241 g/mol. The van der Waals surface area contributed by atoms with Gasteiger partial charge in [0, 0.05) is 17.9 Å². The summed E-state index contributed by atoms with van der Waals surface area (Å²) in [7, 11) is 0. The Morgan fingerprint density at radius 3 is 2.33 bits per heavy atom. The number of hydrogen-bond donors (Lipinski definition) is 1. The standard InChI is InChI=1S/C16H19NO/c1-2-11-17(15-8-4-3-5-9-15)16-10-6-7-14(12-16)13-18/h3-10,12,18H,2,11,13H2,1H3. The molecule has 0 spiro atoms. The molecule has 0 saturated carbocycles. The molecule has 0 amide bonds. The fourth-order valence-electron chi connectivity index (χ4n) is 2.06. The van der Waals surface area contributed by atoms with Crippen molar-refractivity contribution in [1.29, 1.82) is 0 Å². The van der Waals surface area contributed by atoms with Gasteiger partial charge in [-0.1, -0.05) is 37.3 Å². The third-order valence-corrected chi connectivity index (χ3v) is 2.92. The molecule has 0 aliphatic carbocycles. The van der Waals surface area contributed by atoms with E-state index in [1.54, 1.807) is 0 Å². The Morgan fingerprint density at radius 1 is 0.944 bits per heavy atom. The normalized spacial score (nSPS) is 10.3. The number of anilines is 2. The highest BCUT2D eigenvalue weighted by Crippen LogP contribution is 2.26. The molecule has 0 aliphatic rings. The van der Waals surface area contributed by atoms with Crippen molar-refractivity contribution in [2.24, 2.45) is 0 Å². The van der Waals surface area contributed by atoms with Crippen LogP contribution < -0.4 is 4.90 Å². The summed E-state index contributed by atoms with van der Waals surface area (Å²) in [5.41, 5.74) is 3.27. The van der Waals surface area contributed by atoms with E-state index in [0.29, 0.717) is 0 Å². The maximum atomic E-state index is 9.23. The molecule has 2 aromatic rings. The third kappa shape index (κ3) is 2.90. The molecule has 2 aromatic carbocycles. The molecule has 94 valence electrons. The molecule has 0 fully saturated rings. The van der Waals surface area contributed by atoms with Gasteiger partial charge in [0.15, 0.2) is 0 Å². The highest BCUT2D eigenvalue weighted by atomic mass is 16.3. The van der Waals surface area contributed by atoms with Crippen LogP contribution in [-0.2, 0) is 6.61 Å². The molecule has 0 unspecified atom stereocenters. The first-order chi connectivity index (χ1) is 8.85. The van der Waals surface area contributed by atoms with Crippen molar-refractivity contribution in [3.05, 3.63) is 60.2 Å². The van der Waals surface area contributed by atoms with E-state index >= 15 is 0 Å². The van der Waals surface area contributed by atoms with Crippen LogP contribution >= 0.6 is 0 Å². The molecule has 0 atom stereocenters. The van der Waals surface area contributed by atoms with E-state index in [1.165, 1.54) is 5.69 Å². The number of aliphatic hydroxyl groups is 1. The van der Waals surface area contributed by atoms with Gasteiger partial charge in [0.2, 0.25) is 0 Å². The van der Waals surface area contributed by atoms with Crippen LogP contribution in [0.25, 0.3) is 0 Å². The predicted molar refractivity (Wildman–Crippen MR) is 76.1 cm³/mol. The van der Waals surface area contributed by atoms with Gasteiger partial charge in [-0.05, 0) is 36.2 Å². The second-order valence-electron chi connectivity index (χ2n) is 4.32. The summed E-state index contributed by atoms with van der Waals surface area (Å²) in [5.74, 6) is 0. The van der Waals surface area contributed by atoms with Crippen molar-refractivity contribution in [1.82, 2.24) is 0 Å². The van der Waals surface area contributed by atoms with Crippen LogP contribution in [0.5, 0.6) is 0 Å². The molecule has 0 bridgehead atoms. The molecular formula is C16H19NO. The molecular weight excluding hydrogens is 222 g/mol. The second-order valence-corrected chi connectivity index (χ2v) is 4.32. The van der Waals surface area contributed by atoms with Crippen molar-refractivity contribution in [2.45, 2.75) is 20.0 Å². The summed E-state index contributed by atoms with van der Waals surface area (Å²) in [6.07, 6.45) is 1.08. The lowest BCUT2D eigenvalue weighted by Crippen LogP contribution is -2.17. The van der Waals surface area contributed by atoms with Crippen LogP contribution in [-0.4, -0.2) is 11.7 Å². The molecule has 18 heavy (non-hydrogen) atoms. The lowest BCUT2D eigenvalue weighted by atomic mass is 10.1. The van der Waals surface area contributed by atoms with E-state index in [2.05, 4.69) is 30.0 Å². The van der Waals surface area contributed by atoms with E-state index in [1.807, 2.05) is 36.4 Å². The molecule has 0 aliphatic heterocycles. The maximum absolute atomic E-state index is 9.23. The van der Waals surface area contributed by atoms with Crippen molar-refractivity contribution < 1.29 is 5.11 Å². The Kier molecular flexibility index (Phi) is 4.37. The van der Waals surface area contributed by atoms with Crippen molar-refractivity contribution in [3.8, 4) is 0 Å². The van der Waals surface area contributed by atoms with E-state index in [9.17, 15) is 5.11 Å². The van der Waals surface area contributed by atoms with Crippen LogP contribution in [0.1, 0.15) is 18.9 Å². The lowest BCUT2D eigenvalue weighted by Gasteiger charge is -2.25. The summed E-state index contributed by atoms with van der Waals surface area (Å²) >= 11 is 0. The summed E-state index contributed by atoms with van der Waals surface area (Å²) in [4.78, 5) is 2.28. The zero-order chi connectivity index (χ0) is 12.8. The molecule has 2 heteroatoms. The van der Waals surface area contributed by atoms with Crippen LogP contribution in [0.4, 0.5) is 11.4 Å². The number of hydrogen-bond acceptors (Lipinski definition) is 2. The Hall–Kier alpha value is -1.80. The highest BCUT2D eigenvalue weighted by Gasteiger charge is 2.08. The average Bonchev–Trinajstić information content (AvgIpc) is 2.46. The van der Waals surface area contributed by atoms with E-state index in [0.717, 1.165) is 24.2 Å². The summed E-state index contributed by atoms with van der Waals surface area (Å²) in [5, 5.41) is 9.23. The quantitative estimate of drug-likeness (QED) is 0.862. The minimum absolute atomic E-state index is 0.0859. The predicted octanol–water partition coefficient (Wildman–Crippen LogP) is 3.73. The van der Waals surface area contributed by atoms with Gasteiger partial charge in [-0.2, -0.15) is 0 Å². The van der Waals surface area contributed by atoms with Gasteiger partial charge >= 0.3 is 0 Å². The molecule has 0 heterocycles. The fraction of sp³-hybridized carbons (Fsp3) is 0.250. The first-order valence-corrected chi connectivity index (χ1v) is 6.37. The number of rotatable bonds is 5. The number of para-hydroxylation sites is 1. The Balaban J connectivity index is 2.35. The number of nitrogens with zero attached hydrogens (tertiary/aromatic N) is 1. The van der Waals surface area contributed by atoms with Gasteiger partial charge < -0.3 is 10.0 Å². The van der Waals surface area contributed by atoms with Crippen LogP contribution in [0, 0.1) is 0 Å². The lowest BCUT2D eigenvalue weighted by molar-refractivity contribution is 0.282. The Labute approximate surface area is 109 Å². The van der Waals surface area contributed by atoms with Crippen LogP contribution in [0.15, 0.2) is 54.6 Å². The van der Waals surface area contributed by atoms with E-state index in [4.69, 9.17) is 0 Å². The topological polar surface area (TPSA) is 23.5 Å². The largest absolute Gasteiger partial charge is 0.392 e. The zero-order valence-corrected chi connectivity index (χ0v) is 10.7. The van der Waals surface area contributed by atoms with Crippen molar-refractivity contribution in [3.63, 3.8) is 0 Å². The number of benzene rings is 2. The summed E-state index contributed by atoms with van der Waals surface area (Å²) in [6.45, 7) is 3.23. The van der Waals surface area contributed by atoms with Gasteiger partial charge in [-0.25, -0.2) is 0 Å². The number of aliphatic hydroxyl groups excluding tert-OH is 1. The Morgan fingerprint density at radius 2 is 1.67 bits per heavy atom. The molecule has 0 radical (unpaired) electrons. The third-order valence-electron chi connectivity index (χ3n) is 2.92. The monoisotopic (exact) mass is 241 g/mol. The Bertz CT molecular complexity index is 481. The van der Waals surface area contributed by atoms with Crippen molar-refractivity contribution >= 4 is 11.4 Å². The second kappa shape index (κ2) is 6.22.